The van der Waals surface area contributed by atoms with Gasteiger partial charge in [0.25, 0.3) is 0 Å². The van der Waals surface area contributed by atoms with Gasteiger partial charge in [0.1, 0.15) is 5.82 Å². The summed E-state index contributed by atoms with van der Waals surface area (Å²) in [5.41, 5.74) is 5.73. The molecule has 0 aromatic carbocycles. The van der Waals surface area contributed by atoms with Gasteiger partial charge in [-0.25, -0.2) is 4.98 Å². The molecule has 0 aliphatic carbocycles. The van der Waals surface area contributed by atoms with Crippen molar-refractivity contribution in [1.29, 1.82) is 0 Å². The van der Waals surface area contributed by atoms with Crippen LogP contribution in [0.4, 0.5) is 0 Å². The van der Waals surface area contributed by atoms with Crippen LogP contribution < -0.4 is 5.73 Å². The SMILES string of the molecule is Cn1nc(C(C)(C)C)nc1CC(C)(C)N. The van der Waals surface area contributed by atoms with Gasteiger partial charge in [0.05, 0.1) is 0 Å². The van der Waals surface area contributed by atoms with Gasteiger partial charge in [-0.1, -0.05) is 20.8 Å². The van der Waals surface area contributed by atoms with Crippen molar-refractivity contribution in [2.24, 2.45) is 12.8 Å². The van der Waals surface area contributed by atoms with Crippen molar-refractivity contribution in [2.45, 2.75) is 52.0 Å². The first-order valence-electron chi connectivity index (χ1n) is 5.29. The molecule has 2 N–H and O–H groups in total. The fourth-order valence-electron chi connectivity index (χ4n) is 1.30. The van der Waals surface area contributed by atoms with Gasteiger partial charge in [-0.3, -0.25) is 4.68 Å². The Morgan fingerprint density at radius 3 is 2.07 bits per heavy atom. The molecule has 0 fully saturated rings. The second-order valence-electron chi connectivity index (χ2n) is 5.89. The van der Waals surface area contributed by atoms with E-state index < -0.39 is 0 Å². The highest BCUT2D eigenvalue weighted by Gasteiger charge is 2.23. The zero-order valence-electron chi connectivity index (χ0n) is 10.6. The van der Waals surface area contributed by atoms with E-state index in [0.717, 1.165) is 18.1 Å². The van der Waals surface area contributed by atoms with Crippen LogP contribution in [0.15, 0.2) is 0 Å². The van der Waals surface area contributed by atoms with E-state index in [1.165, 1.54) is 0 Å². The number of rotatable bonds is 2. The highest BCUT2D eigenvalue weighted by atomic mass is 15.3. The van der Waals surface area contributed by atoms with Gasteiger partial charge in [0.15, 0.2) is 5.82 Å². The second-order valence-corrected chi connectivity index (χ2v) is 5.89. The van der Waals surface area contributed by atoms with E-state index in [1.54, 1.807) is 0 Å². The largest absolute Gasteiger partial charge is 0.325 e. The van der Waals surface area contributed by atoms with Gasteiger partial charge < -0.3 is 5.73 Å². The molecule has 4 heteroatoms. The third-order valence-electron chi connectivity index (χ3n) is 2.14. The predicted molar refractivity (Wildman–Crippen MR) is 61.7 cm³/mol. The molecular formula is C11H22N4. The summed E-state index contributed by atoms with van der Waals surface area (Å²) >= 11 is 0. The van der Waals surface area contributed by atoms with Gasteiger partial charge >= 0.3 is 0 Å². The summed E-state index contributed by atoms with van der Waals surface area (Å²) in [5, 5.41) is 4.42. The van der Waals surface area contributed by atoms with Crippen molar-refractivity contribution < 1.29 is 0 Å². The number of nitrogens with two attached hydrogens (primary N) is 1. The zero-order chi connectivity index (χ0) is 11.9. The monoisotopic (exact) mass is 210 g/mol. The van der Waals surface area contributed by atoms with Crippen molar-refractivity contribution >= 4 is 0 Å². The fourth-order valence-corrected chi connectivity index (χ4v) is 1.30. The molecule has 1 aromatic rings. The van der Waals surface area contributed by atoms with Crippen LogP contribution in [0.3, 0.4) is 0 Å². The van der Waals surface area contributed by atoms with Gasteiger partial charge in [0, 0.05) is 24.4 Å². The average Bonchev–Trinajstić information content (AvgIpc) is 2.27. The first kappa shape index (κ1) is 12.2. The van der Waals surface area contributed by atoms with Gasteiger partial charge in [-0.05, 0) is 13.8 Å². The van der Waals surface area contributed by atoms with E-state index in [1.807, 2.05) is 25.6 Å². The van der Waals surface area contributed by atoms with Crippen LogP contribution >= 0.6 is 0 Å². The Morgan fingerprint density at radius 2 is 1.73 bits per heavy atom. The molecule has 86 valence electrons. The van der Waals surface area contributed by atoms with Crippen LogP contribution in [-0.2, 0) is 18.9 Å². The van der Waals surface area contributed by atoms with Crippen LogP contribution in [0.1, 0.15) is 46.3 Å². The minimum Gasteiger partial charge on any atom is -0.325 e. The van der Waals surface area contributed by atoms with Gasteiger partial charge in [-0.2, -0.15) is 5.10 Å². The molecule has 0 radical (unpaired) electrons. The summed E-state index contributed by atoms with van der Waals surface area (Å²) in [4.78, 5) is 4.54. The zero-order valence-corrected chi connectivity index (χ0v) is 10.6. The lowest BCUT2D eigenvalue weighted by Crippen LogP contribution is -2.35. The molecule has 0 saturated heterocycles. The van der Waals surface area contributed by atoms with E-state index in [4.69, 9.17) is 5.73 Å². The molecule has 1 rings (SSSR count). The number of hydrogen-bond acceptors (Lipinski definition) is 3. The molecule has 0 atom stereocenters. The molecule has 1 aromatic heterocycles. The lowest BCUT2D eigenvalue weighted by Gasteiger charge is -2.17. The Balaban J connectivity index is 2.97. The highest BCUT2D eigenvalue weighted by Crippen LogP contribution is 2.19. The first-order valence-corrected chi connectivity index (χ1v) is 5.29. The maximum Gasteiger partial charge on any atom is 0.156 e. The number of nitrogens with zero attached hydrogens (tertiary/aromatic N) is 3. The Kier molecular flexibility index (Phi) is 2.92. The normalized spacial score (nSPS) is 13.3. The smallest absolute Gasteiger partial charge is 0.156 e. The minimum absolute atomic E-state index is 0.00521. The third-order valence-corrected chi connectivity index (χ3v) is 2.14. The summed E-state index contributed by atoms with van der Waals surface area (Å²) in [6.07, 6.45) is 0.743. The van der Waals surface area contributed by atoms with E-state index in [0.29, 0.717) is 0 Å². The van der Waals surface area contributed by atoms with Crippen LogP contribution in [0, 0.1) is 0 Å². The molecule has 0 aliphatic heterocycles. The molecule has 0 unspecified atom stereocenters. The Labute approximate surface area is 91.9 Å². The first-order chi connectivity index (χ1) is 6.59. The quantitative estimate of drug-likeness (QED) is 0.802. The lowest BCUT2D eigenvalue weighted by molar-refractivity contribution is 0.488. The van der Waals surface area contributed by atoms with Crippen molar-refractivity contribution in [2.75, 3.05) is 0 Å². The summed E-state index contributed by atoms with van der Waals surface area (Å²) in [5.74, 6) is 1.83. The number of aromatic nitrogens is 3. The fraction of sp³-hybridized carbons (Fsp3) is 0.818. The minimum atomic E-state index is -0.240. The molecule has 0 amide bonds. The third kappa shape index (κ3) is 3.30. The summed E-state index contributed by atoms with van der Waals surface area (Å²) in [6, 6.07) is 0. The maximum atomic E-state index is 5.97. The standard InChI is InChI=1S/C11H22N4/c1-10(2,3)9-13-8(15(6)14-9)7-11(4,5)12/h7,12H2,1-6H3. The Bertz CT molecular complexity index is 338. The van der Waals surface area contributed by atoms with Crippen LogP contribution in [0.25, 0.3) is 0 Å². The molecule has 0 saturated carbocycles. The van der Waals surface area contributed by atoms with Crippen molar-refractivity contribution in [1.82, 2.24) is 14.8 Å². The molecule has 0 aliphatic rings. The topological polar surface area (TPSA) is 56.7 Å². The second kappa shape index (κ2) is 3.59. The van der Waals surface area contributed by atoms with E-state index in [-0.39, 0.29) is 11.0 Å². The molecule has 0 bridgehead atoms. The predicted octanol–water partition coefficient (Wildman–Crippen LogP) is 1.39. The number of aryl methyl sites for hydroxylation is 1. The maximum absolute atomic E-state index is 5.97. The Hall–Kier alpha value is -0.900. The summed E-state index contributed by atoms with van der Waals surface area (Å²) in [6.45, 7) is 10.3. The van der Waals surface area contributed by atoms with Crippen LogP contribution in [0.2, 0.25) is 0 Å². The van der Waals surface area contributed by atoms with Crippen LogP contribution in [0.5, 0.6) is 0 Å². The number of hydrogen-bond donors (Lipinski definition) is 1. The van der Waals surface area contributed by atoms with E-state index >= 15 is 0 Å². The molecule has 15 heavy (non-hydrogen) atoms. The van der Waals surface area contributed by atoms with E-state index in [9.17, 15) is 0 Å². The van der Waals surface area contributed by atoms with Crippen LogP contribution in [-0.4, -0.2) is 20.3 Å². The average molecular weight is 210 g/mol. The lowest BCUT2D eigenvalue weighted by atomic mass is 9.96. The van der Waals surface area contributed by atoms with Gasteiger partial charge in [-0.15, -0.1) is 0 Å². The van der Waals surface area contributed by atoms with Crippen molar-refractivity contribution in [3.63, 3.8) is 0 Å². The molecule has 1 heterocycles. The summed E-state index contributed by atoms with van der Waals surface area (Å²) in [7, 11) is 1.92. The molecule has 0 spiro atoms. The Morgan fingerprint density at radius 1 is 1.20 bits per heavy atom. The van der Waals surface area contributed by atoms with E-state index in [2.05, 4.69) is 30.9 Å². The molecular weight excluding hydrogens is 188 g/mol. The summed E-state index contributed by atoms with van der Waals surface area (Å²) < 4.78 is 1.83. The molecule has 4 nitrogen and oxygen atoms in total. The van der Waals surface area contributed by atoms with Crippen molar-refractivity contribution in [3.05, 3.63) is 11.6 Å². The van der Waals surface area contributed by atoms with Gasteiger partial charge in [0.2, 0.25) is 0 Å². The van der Waals surface area contributed by atoms with Crippen molar-refractivity contribution in [3.8, 4) is 0 Å². The highest BCUT2D eigenvalue weighted by molar-refractivity contribution is 5.05.